The number of rotatable bonds is 6. The van der Waals surface area contributed by atoms with E-state index < -0.39 is 5.60 Å². The van der Waals surface area contributed by atoms with Gasteiger partial charge in [-0.05, 0) is 118 Å². The summed E-state index contributed by atoms with van der Waals surface area (Å²) in [4.78, 5) is 11.5. The molecule has 0 heterocycles. The highest BCUT2D eigenvalue weighted by atomic mass is 16.5. The molecular formula is C29H48O3. The van der Waals surface area contributed by atoms with E-state index in [9.17, 15) is 9.90 Å². The standard InChI is InChI=1S/C29H48O3/c1-19(8-7-15-27(3,4)31)24-11-12-25-23-10-9-21-18-22(32-20(2)30)13-16-28(21,5)26(23)14-17-29(24,25)6/h18-19,22-26,31H,7-17H2,1-6H3/t19-,22+,23+,24-,25+,26+,28+,29-/m1/s1. The molecule has 0 aromatic carbocycles. The van der Waals surface area contributed by atoms with Crippen LogP contribution in [0.5, 0.6) is 0 Å². The third-order valence-electron chi connectivity index (χ3n) is 10.6. The first kappa shape index (κ1) is 24.3. The number of fused-ring (bicyclic) bond motifs is 5. The molecule has 3 heteroatoms. The fraction of sp³-hybridized carbons (Fsp3) is 0.897. The molecule has 3 nitrogen and oxygen atoms in total. The van der Waals surface area contributed by atoms with Crippen molar-refractivity contribution in [2.24, 2.45) is 40.4 Å². The summed E-state index contributed by atoms with van der Waals surface area (Å²) in [5.41, 5.74) is 1.88. The minimum absolute atomic E-state index is 0.00147. The van der Waals surface area contributed by atoms with E-state index in [-0.39, 0.29) is 12.1 Å². The van der Waals surface area contributed by atoms with E-state index in [1.165, 1.54) is 58.3 Å². The highest BCUT2D eigenvalue weighted by Gasteiger charge is 2.59. The van der Waals surface area contributed by atoms with Crippen LogP contribution in [-0.2, 0) is 9.53 Å². The van der Waals surface area contributed by atoms with E-state index >= 15 is 0 Å². The highest BCUT2D eigenvalue weighted by Crippen LogP contribution is 2.67. The van der Waals surface area contributed by atoms with E-state index in [4.69, 9.17) is 4.74 Å². The fourth-order valence-corrected chi connectivity index (χ4v) is 9.04. The van der Waals surface area contributed by atoms with Crippen molar-refractivity contribution in [1.82, 2.24) is 0 Å². The van der Waals surface area contributed by atoms with Gasteiger partial charge in [-0.15, -0.1) is 0 Å². The third kappa shape index (κ3) is 4.44. The maximum Gasteiger partial charge on any atom is 0.303 e. The van der Waals surface area contributed by atoms with Crippen LogP contribution in [0.15, 0.2) is 11.6 Å². The van der Waals surface area contributed by atoms with Crippen molar-refractivity contribution in [3.05, 3.63) is 11.6 Å². The van der Waals surface area contributed by atoms with Crippen LogP contribution in [0.3, 0.4) is 0 Å². The zero-order valence-corrected chi connectivity index (χ0v) is 21.6. The van der Waals surface area contributed by atoms with Crippen molar-refractivity contribution in [1.29, 1.82) is 0 Å². The number of hydrogen-bond donors (Lipinski definition) is 1. The van der Waals surface area contributed by atoms with Crippen LogP contribution in [0.1, 0.15) is 112 Å². The fourth-order valence-electron chi connectivity index (χ4n) is 9.04. The number of hydrogen-bond acceptors (Lipinski definition) is 3. The first-order valence-electron chi connectivity index (χ1n) is 13.5. The first-order chi connectivity index (χ1) is 14.9. The Kier molecular flexibility index (Phi) is 6.64. The molecular weight excluding hydrogens is 396 g/mol. The molecule has 0 aromatic rings. The maximum atomic E-state index is 11.5. The maximum absolute atomic E-state index is 11.5. The van der Waals surface area contributed by atoms with Crippen molar-refractivity contribution in [2.75, 3.05) is 0 Å². The van der Waals surface area contributed by atoms with Crippen LogP contribution < -0.4 is 0 Å². The summed E-state index contributed by atoms with van der Waals surface area (Å²) in [6.45, 7) is 13.1. The molecule has 3 fully saturated rings. The van der Waals surface area contributed by atoms with E-state index in [2.05, 4.69) is 26.8 Å². The Labute approximate surface area is 196 Å². The molecule has 1 N–H and O–H groups in total. The summed E-state index contributed by atoms with van der Waals surface area (Å²) in [5, 5.41) is 10.1. The van der Waals surface area contributed by atoms with Gasteiger partial charge in [-0.2, -0.15) is 0 Å². The minimum atomic E-state index is -0.531. The molecule has 0 saturated heterocycles. The molecule has 0 amide bonds. The van der Waals surface area contributed by atoms with Crippen LogP contribution in [0, 0.1) is 40.4 Å². The average Bonchev–Trinajstić information content (AvgIpc) is 3.04. The monoisotopic (exact) mass is 444 g/mol. The lowest BCUT2D eigenvalue weighted by molar-refractivity contribution is -0.145. The van der Waals surface area contributed by atoms with Crippen molar-refractivity contribution in [3.63, 3.8) is 0 Å². The van der Waals surface area contributed by atoms with Gasteiger partial charge in [0.15, 0.2) is 0 Å². The van der Waals surface area contributed by atoms with Gasteiger partial charge in [0.25, 0.3) is 0 Å². The number of carbonyl (C=O) groups is 1. The smallest absolute Gasteiger partial charge is 0.303 e. The number of carbonyl (C=O) groups excluding carboxylic acids is 1. The Morgan fingerprint density at radius 2 is 1.91 bits per heavy atom. The molecule has 182 valence electrons. The van der Waals surface area contributed by atoms with E-state index in [0.29, 0.717) is 10.8 Å². The van der Waals surface area contributed by atoms with Gasteiger partial charge in [-0.1, -0.05) is 39.2 Å². The molecule has 0 radical (unpaired) electrons. The Morgan fingerprint density at radius 3 is 2.59 bits per heavy atom. The summed E-state index contributed by atoms with van der Waals surface area (Å²) in [5.74, 6) is 4.02. The summed E-state index contributed by atoms with van der Waals surface area (Å²) >= 11 is 0. The Balaban J connectivity index is 1.45. The number of esters is 1. The largest absolute Gasteiger partial charge is 0.458 e. The van der Waals surface area contributed by atoms with Gasteiger partial charge >= 0.3 is 5.97 Å². The lowest BCUT2D eigenvalue weighted by Gasteiger charge is -2.59. The van der Waals surface area contributed by atoms with Gasteiger partial charge in [0.05, 0.1) is 5.60 Å². The van der Waals surface area contributed by atoms with Gasteiger partial charge < -0.3 is 9.84 Å². The number of aliphatic hydroxyl groups is 1. The summed E-state index contributed by atoms with van der Waals surface area (Å²) in [7, 11) is 0. The quantitative estimate of drug-likeness (QED) is 0.352. The first-order valence-corrected chi connectivity index (χ1v) is 13.5. The summed E-state index contributed by atoms with van der Waals surface area (Å²) in [6, 6.07) is 0. The Morgan fingerprint density at radius 1 is 1.16 bits per heavy atom. The molecule has 0 bridgehead atoms. The lowest BCUT2D eigenvalue weighted by Crippen LogP contribution is -2.51. The number of ether oxygens (including phenoxy) is 1. The minimum Gasteiger partial charge on any atom is -0.458 e. The molecule has 0 aromatic heterocycles. The zero-order chi connectivity index (χ0) is 23.3. The van der Waals surface area contributed by atoms with Gasteiger partial charge in [-0.25, -0.2) is 0 Å². The predicted octanol–water partition coefficient (Wildman–Crippen LogP) is 7.07. The van der Waals surface area contributed by atoms with E-state index in [1.807, 2.05) is 13.8 Å². The SMILES string of the molecule is CC(=O)O[C@@H]1C=C2CC[C@H]3[C@@H]4CC[C@H]([C@H](C)CCCC(C)(C)O)[C@@]4(C)CC[C@@H]3[C@@]2(C)CC1. The Bertz CT molecular complexity index is 733. The second-order valence-electron chi connectivity index (χ2n) is 13.1. The summed E-state index contributed by atoms with van der Waals surface area (Å²) in [6.07, 6.45) is 15.9. The van der Waals surface area contributed by atoms with Crippen molar-refractivity contribution in [2.45, 2.75) is 124 Å². The molecule has 0 unspecified atom stereocenters. The van der Waals surface area contributed by atoms with Gasteiger partial charge in [-0.3, -0.25) is 4.79 Å². The van der Waals surface area contributed by atoms with Crippen LogP contribution in [-0.4, -0.2) is 22.8 Å². The van der Waals surface area contributed by atoms with Gasteiger partial charge in [0.1, 0.15) is 6.10 Å². The molecule has 4 aliphatic rings. The molecule has 4 rings (SSSR count). The molecule has 0 spiro atoms. The highest BCUT2D eigenvalue weighted by molar-refractivity contribution is 5.66. The van der Waals surface area contributed by atoms with Crippen LogP contribution in [0.25, 0.3) is 0 Å². The third-order valence-corrected chi connectivity index (χ3v) is 10.6. The second-order valence-corrected chi connectivity index (χ2v) is 13.1. The second kappa shape index (κ2) is 8.75. The van der Waals surface area contributed by atoms with Gasteiger partial charge in [0, 0.05) is 6.92 Å². The lowest BCUT2D eigenvalue weighted by atomic mass is 9.46. The average molecular weight is 445 g/mol. The number of allylic oxidation sites excluding steroid dienone is 1. The van der Waals surface area contributed by atoms with Crippen LogP contribution in [0.2, 0.25) is 0 Å². The molecule has 3 saturated carbocycles. The van der Waals surface area contributed by atoms with E-state index in [0.717, 1.165) is 48.9 Å². The molecule has 0 aliphatic heterocycles. The van der Waals surface area contributed by atoms with Crippen molar-refractivity contribution >= 4 is 5.97 Å². The van der Waals surface area contributed by atoms with E-state index in [1.54, 1.807) is 5.57 Å². The van der Waals surface area contributed by atoms with Crippen LogP contribution in [0.4, 0.5) is 0 Å². The van der Waals surface area contributed by atoms with Crippen molar-refractivity contribution < 1.29 is 14.6 Å². The normalized spacial score (nSPS) is 42.3. The summed E-state index contributed by atoms with van der Waals surface area (Å²) < 4.78 is 5.57. The van der Waals surface area contributed by atoms with Crippen molar-refractivity contribution in [3.8, 4) is 0 Å². The molecule has 4 aliphatic carbocycles. The topological polar surface area (TPSA) is 46.5 Å². The van der Waals surface area contributed by atoms with Crippen LogP contribution >= 0.6 is 0 Å². The zero-order valence-electron chi connectivity index (χ0n) is 21.6. The van der Waals surface area contributed by atoms with Gasteiger partial charge in [0.2, 0.25) is 0 Å². The molecule has 32 heavy (non-hydrogen) atoms. The Hall–Kier alpha value is -0.830. The predicted molar refractivity (Wildman–Crippen MR) is 130 cm³/mol. The molecule has 8 atom stereocenters.